The number of hydrogen-bond acceptors (Lipinski definition) is 1. The van der Waals surface area contributed by atoms with Crippen LogP contribution in [0.2, 0.25) is 0 Å². The third-order valence-electron chi connectivity index (χ3n) is 3.64. The minimum atomic E-state index is -0.897. The van der Waals surface area contributed by atoms with Crippen molar-refractivity contribution >= 4 is 0 Å². The lowest BCUT2D eigenvalue weighted by atomic mass is 9.94. The van der Waals surface area contributed by atoms with Crippen molar-refractivity contribution in [3.8, 4) is 34.6 Å². The molecule has 1 heteroatoms. The van der Waals surface area contributed by atoms with Crippen molar-refractivity contribution in [1.82, 2.24) is 0 Å². The van der Waals surface area contributed by atoms with E-state index in [-0.39, 0.29) is 0 Å². The van der Waals surface area contributed by atoms with Crippen molar-refractivity contribution in [2.24, 2.45) is 0 Å². The minimum absolute atomic E-state index is 0.739. The first-order valence-electron chi connectivity index (χ1n) is 7.18. The fourth-order valence-corrected chi connectivity index (χ4v) is 2.50. The molecule has 0 saturated heterocycles. The standard InChI is InChI=1S/C21H16O/c1-2-21(22)20-14-18(16-9-5-3-6-10-16)13-19(15-20)17-11-7-4-8-12-17/h1,3-15,21-22H. The van der Waals surface area contributed by atoms with Gasteiger partial charge >= 0.3 is 0 Å². The van der Waals surface area contributed by atoms with Gasteiger partial charge in [-0.05, 0) is 46.0 Å². The summed E-state index contributed by atoms with van der Waals surface area (Å²) in [6.07, 6.45) is 4.48. The summed E-state index contributed by atoms with van der Waals surface area (Å²) in [6, 6.07) is 26.2. The van der Waals surface area contributed by atoms with E-state index >= 15 is 0 Å². The van der Waals surface area contributed by atoms with E-state index in [1.165, 1.54) is 0 Å². The van der Waals surface area contributed by atoms with Gasteiger partial charge in [-0.2, -0.15) is 0 Å². The Balaban J connectivity index is 2.17. The zero-order valence-electron chi connectivity index (χ0n) is 12.1. The second kappa shape index (κ2) is 6.30. The normalized spacial score (nSPS) is 11.6. The maximum absolute atomic E-state index is 10.0. The number of benzene rings is 3. The lowest BCUT2D eigenvalue weighted by Gasteiger charge is -2.12. The molecule has 3 rings (SSSR count). The maximum Gasteiger partial charge on any atom is 0.140 e. The van der Waals surface area contributed by atoms with Gasteiger partial charge in [-0.15, -0.1) is 6.42 Å². The lowest BCUT2D eigenvalue weighted by molar-refractivity contribution is 0.238. The summed E-state index contributed by atoms with van der Waals surface area (Å²) in [5.74, 6) is 2.39. The fraction of sp³-hybridized carbons (Fsp3) is 0.0476. The topological polar surface area (TPSA) is 20.2 Å². The van der Waals surface area contributed by atoms with Crippen LogP contribution < -0.4 is 0 Å². The van der Waals surface area contributed by atoms with Crippen LogP contribution in [0.3, 0.4) is 0 Å². The van der Waals surface area contributed by atoms with E-state index in [9.17, 15) is 5.11 Å². The smallest absolute Gasteiger partial charge is 0.140 e. The molecule has 1 nitrogen and oxygen atoms in total. The first kappa shape index (κ1) is 14.1. The maximum atomic E-state index is 10.0. The molecule has 0 aromatic heterocycles. The molecule has 1 unspecified atom stereocenters. The molecule has 0 aliphatic rings. The molecular weight excluding hydrogens is 268 g/mol. The van der Waals surface area contributed by atoms with E-state index in [1.807, 2.05) is 48.5 Å². The second-order valence-electron chi connectivity index (χ2n) is 5.14. The zero-order valence-corrected chi connectivity index (χ0v) is 12.1. The molecule has 1 N–H and O–H groups in total. The van der Waals surface area contributed by atoms with Crippen molar-refractivity contribution in [3.05, 3.63) is 84.4 Å². The molecule has 1 atom stereocenters. The Morgan fingerprint density at radius 1 is 0.682 bits per heavy atom. The van der Waals surface area contributed by atoms with Crippen LogP contribution in [0, 0.1) is 12.3 Å². The van der Waals surface area contributed by atoms with Gasteiger partial charge in [0, 0.05) is 0 Å². The Bertz CT molecular complexity index is 741. The van der Waals surface area contributed by atoms with Crippen LogP contribution in [-0.4, -0.2) is 5.11 Å². The van der Waals surface area contributed by atoms with E-state index < -0.39 is 6.10 Å². The summed E-state index contributed by atoms with van der Waals surface area (Å²) >= 11 is 0. The molecule has 0 heterocycles. The molecule has 3 aromatic carbocycles. The molecule has 0 radical (unpaired) electrons. The average molecular weight is 284 g/mol. The first-order chi connectivity index (χ1) is 10.8. The van der Waals surface area contributed by atoms with E-state index in [0.29, 0.717) is 0 Å². The highest BCUT2D eigenvalue weighted by Crippen LogP contribution is 2.30. The van der Waals surface area contributed by atoms with Gasteiger partial charge in [0.05, 0.1) is 0 Å². The molecule has 0 amide bonds. The highest BCUT2D eigenvalue weighted by atomic mass is 16.3. The Hall–Kier alpha value is -2.82. The van der Waals surface area contributed by atoms with E-state index in [1.54, 1.807) is 0 Å². The summed E-state index contributed by atoms with van der Waals surface area (Å²) < 4.78 is 0. The predicted molar refractivity (Wildman–Crippen MR) is 91.1 cm³/mol. The van der Waals surface area contributed by atoms with Crippen molar-refractivity contribution in [1.29, 1.82) is 0 Å². The van der Waals surface area contributed by atoms with Gasteiger partial charge in [-0.3, -0.25) is 0 Å². The van der Waals surface area contributed by atoms with Gasteiger partial charge in [0.1, 0.15) is 6.10 Å². The predicted octanol–water partition coefficient (Wildman–Crippen LogP) is 4.69. The van der Waals surface area contributed by atoms with Crippen molar-refractivity contribution in [2.75, 3.05) is 0 Å². The SMILES string of the molecule is C#CC(O)c1cc(-c2ccccc2)cc(-c2ccccc2)c1. The summed E-state index contributed by atoms with van der Waals surface area (Å²) in [6.45, 7) is 0. The molecule has 106 valence electrons. The molecule has 0 spiro atoms. The van der Waals surface area contributed by atoms with E-state index in [4.69, 9.17) is 6.42 Å². The lowest BCUT2D eigenvalue weighted by Crippen LogP contribution is -1.95. The largest absolute Gasteiger partial charge is 0.376 e. The van der Waals surface area contributed by atoms with Crippen LogP contribution in [0.25, 0.3) is 22.3 Å². The average Bonchev–Trinajstić information content (AvgIpc) is 2.62. The van der Waals surface area contributed by atoms with Crippen molar-refractivity contribution in [2.45, 2.75) is 6.10 Å². The van der Waals surface area contributed by atoms with Crippen LogP contribution >= 0.6 is 0 Å². The minimum Gasteiger partial charge on any atom is -0.376 e. The Morgan fingerprint density at radius 2 is 1.14 bits per heavy atom. The quantitative estimate of drug-likeness (QED) is 0.692. The van der Waals surface area contributed by atoms with Gasteiger partial charge in [-0.1, -0.05) is 66.6 Å². The van der Waals surface area contributed by atoms with Crippen molar-refractivity contribution in [3.63, 3.8) is 0 Å². The van der Waals surface area contributed by atoms with Gasteiger partial charge in [-0.25, -0.2) is 0 Å². The summed E-state index contributed by atoms with van der Waals surface area (Å²) in [5, 5.41) is 10.0. The van der Waals surface area contributed by atoms with E-state index in [2.05, 4.69) is 36.3 Å². The number of terminal acetylenes is 1. The molecule has 0 bridgehead atoms. The van der Waals surface area contributed by atoms with Gasteiger partial charge in [0.25, 0.3) is 0 Å². The van der Waals surface area contributed by atoms with Gasteiger partial charge < -0.3 is 5.11 Å². The summed E-state index contributed by atoms with van der Waals surface area (Å²) in [5.41, 5.74) is 5.04. The van der Waals surface area contributed by atoms with E-state index in [0.717, 1.165) is 27.8 Å². The highest BCUT2D eigenvalue weighted by Gasteiger charge is 2.09. The molecular formula is C21H16O. The third kappa shape index (κ3) is 2.93. The number of aliphatic hydroxyl groups excluding tert-OH is 1. The van der Waals surface area contributed by atoms with Gasteiger partial charge in [0.15, 0.2) is 0 Å². The zero-order chi connectivity index (χ0) is 15.4. The van der Waals surface area contributed by atoms with Gasteiger partial charge in [0.2, 0.25) is 0 Å². The third-order valence-corrected chi connectivity index (χ3v) is 3.64. The fourth-order valence-electron chi connectivity index (χ4n) is 2.50. The molecule has 0 fully saturated rings. The Morgan fingerprint density at radius 3 is 1.55 bits per heavy atom. The molecule has 0 aliphatic heterocycles. The van der Waals surface area contributed by atoms with Crippen LogP contribution in [0.15, 0.2) is 78.9 Å². The van der Waals surface area contributed by atoms with Crippen molar-refractivity contribution < 1.29 is 5.11 Å². The molecule has 0 saturated carbocycles. The number of rotatable bonds is 3. The van der Waals surface area contributed by atoms with Crippen LogP contribution in [0.5, 0.6) is 0 Å². The van der Waals surface area contributed by atoms with Crippen LogP contribution in [0.1, 0.15) is 11.7 Å². The van der Waals surface area contributed by atoms with Crippen LogP contribution in [0.4, 0.5) is 0 Å². The molecule has 0 aliphatic carbocycles. The summed E-state index contributed by atoms with van der Waals surface area (Å²) in [4.78, 5) is 0. The molecule has 22 heavy (non-hydrogen) atoms. The monoisotopic (exact) mass is 284 g/mol. The summed E-state index contributed by atoms with van der Waals surface area (Å²) in [7, 11) is 0. The van der Waals surface area contributed by atoms with Crippen LogP contribution in [-0.2, 0) is 0 Å². The Labute approximate surface area is 130 Å². The molecule has 3 aromatic rings. The first-order valence-corrected chi connectivity index (χ1v) is 7.18. The highest BCUT2D eigenvalue weighted by molar-refractivity contribution is 5.74. The second-order valence-corrected chi connectivity index (χ2v) is 5.14. The Kier molecular flexibility index (Phi) is 4.05. The number of aliphatic hydroxyl groups is 1. The number of hydrogen-bond donors (Lipinski definition) is 1.